The first-order valence-electron chi connectivity index (χ1n) is 6.25. The van der Waals surface area contributed by atoms with E-state index in [9.17, 15) is 4.39 Å². The monoisotopic (exact) mass is 253 g/mol. The van der Waals surface area contributed by atoms with E-state index in [4.69, 9.17) is 10.5 Å². The fourth-order valence-electron chi connectivity index (χ4n) is 2.09. The third kappa shape index (κ3) is 3.26. The number of rotatable bonds is 4. The molecule has 1 aromatic rings. The Hall–Kier alpha value is -1.01. The number of nitrogens with zero attached hydrogens (tertiary/aromatic N) is 1. The zero-order valence-corrected chi connectivity index (χ0v) is 10.7. The molecule has 1 heterocycles. The molecule has 0 spiro atoms. The van der Waals surface area contributed by atoms with Crippen molar-refractivity contribution in [3.63, 3.8) is 0 Å². The maximum absolute atomic E-state index is 13.8. The summed E-state index contributed by atoms with van der Waals surface area (Å²) < 4.78 is 19.1. The number of hydrogen-bond donors (Lipinski definition) is 2. The highest BCUT2D eigenvalue weighted by molar-refractivity contribution is 5.27. The number of hydrazine groups is 1. The van der Waals surface area contributed by atoms with E-state index in [1.54, 1.807) is 6.07 Å². The van der Waals surface area contributed by atoms with Crippen LogP contribution in [0.5, 0.6) is 0 Å². The highest BCUT2D eigenvalue weighted by Crippen LogP contribution is 2.18. The molecule has 0 amide bonds. The van der Waals surface area contributed by atoms with Gasteiger partial charge in [0.1, 0.15) is 5.82 Å². The smallest absolute Gasteiger partial charge is 0.128 e. The van der Waals surface area contributed by atoms with E-state index >= 15 is 0 Å². The van der Waals surface area contributed by atoms with E-state index in [0.717, 1.165) is 18.7 Å². The Morgan fingerprint density at radius 2 is 2.17 bits per heavy atom. The number of nitrogens with two attached hydrogens (primary N) is 1. The molecule has 0 radical (unpaired) electrons. The van der Waals surface area contributed by atoms with Crippen LogP contribution in [0.15, 0.2) is 18.2 Å². The molecule has 0 aliphatic carbocycles. The van der Waals surface area contributed by atoms with Gasteiger partial charge in [0.25, 0.3) is 0 Å². The third-order valence-corrected chi connectivity index (χ3v) is 3.11. The maximum atomic E-state index is 13.8. The van der Waals surface area contributed by atoms with Gasteiger partial charge in [0.2, 0.25) is 0 Å². The summed E-state index contributed by atoms with van der Waals surface area (Å²) in [6, 6.07) is 4.92. The maximum Gasteiger partial charge on any atom is 0.128 e. The van der Waals surface area contributed by atoms with Crippen molar-refractivity contribution in [1.29, 1.82) is 0 Å². The molecule has 0 bridgehead atoms. The van der Waals surface area contributed by atoms with Crippen molar-refractivity contribution in [3.8, 4) is 0 Å². The Balaban J connectivity index is 2.09. The number of nitrogens with one attached hydrogen (secondary N) is 1. The first-order valence-corrected chi connectivity index (χ1v) is 6.25. The Morgan fingerprint density at radius 1 is 1.44 bits per heavy atom. The zero-order valence-electron chi connectivity index (χ0n) is 10.7. The first-order chi connectivity index (χ1) is 8.70. The molecular weight excluding hydrogens is 233 g/mol. The first kappa shape index (κ1) is 13.4. The lowest BCUT2D eigenvalue weighted by atomic mass is 10.0. The molecule has 5 heteroatoms. The van der Waals surface area contributed by atoms with Gasteiger partial charge in [-0.15, -0.1) is 0 Å². The van der Waals surface area contributed by atoms with E-state index in [0.29, 0.717) is 25.3 Å². The summed E-state index contributed by atoms with van der Waals surface area (Å²) in [6.07, 6.45) is 0. The highest BCUT2D eigenvalue weighted by Gasteiger charge is 2.19. The SMILES string of the molecule is Cc1ccc(F)c(C(CN)NN2CCOCC2)c1. The molecule has 0 aromatic heterocycles. The van der Waals surface area contributed by atoms with Crippen molar-refractivity contribution >= 4 is 0 Å². The average molecular weight is 253 g/mol. The van der Waals surface area contributed by atoms with Crippen molar-refractivity contribution in [2.45, 2.75) is 13.0 Å². The number of morpholine rings is 1. The predicted molar refractivity (Wildman–Crippen MR) is 68.5 cm³/mol. The van der Waals surface area contributed by atoms with Gasteiger partial charge in [0.15, 0.2) is 0 Å². The van der Waals surface area contributed by atoms with Crippen LogP contribution in [0.3, 0.4) is 0 Å². The summed E-state index contributed by atoms with van der Waals surface area (Å²) in [5, 5.41) is 2.04. The quantitative estimate of drug-likeness (QED) is 0.839. The predicted octanol–water partition coefficient (Wildman–Crippen LogP) is 0.971. The van der Waals surface area contributed by atoms with Crippen LogP contribution in [0.4, 0.5) is 4.39 Å². The summed E-state index contributed by atoms with van der Waals surface area (Å²) in [6.45, 7) is 5.29. The number of aryl methyl sites for hydroxylation is 1. The Morgan fingerprint density at radius 3 is 2.83 bits per heavy atom. The van der Waals surface area contributed by atoms with Crippen LogP contribution in [0.1, 0.15) is 17.2 Å². The molecule has 100 valence electrons. The molecule has 1 fully saturated rings. The largest absolute Gasteiger partial charge is 0.379 e. The molecule has 1 aliphatic rings. The van der Waals surface area contributed by atoms with Crippen LogP contribution < -0.4 is 11.2 Å². The Bertz CT molecular complexity index is 394. The zero-order chi connectivity index (χ0) is 13.0. The number of hydrogen-bond acceptors (Lipinski definition) is 4. The summed E-state index contributed by atoms with van der Waals surface area (Å²) in [4.78, 5) is 0. The second-order valence-electron chi connectivity index (χ2n) is 4.54. The fraction of sp³-hybridized carbons (Fsp3) is 0.538. The molecule has 1 atom stereocenters. The second-order valence-corrected chi connectivity index (χ2v) is 4.54. The van der Waals surface area contributed by atoms with E-state index in [1.165, 1.54) is 6.07 Å². The van der Waals surface area contributed by atoms with Crippen molar-refractivity contribution in [1.82, 2.24) is 10.4 Å². The molecule has 18 heavy (non-hydrogen) atoms. The normalized spacial score (nSPS) is 18.8. The van der Waals surface area contributed by atoms with Crippen LogP contribution in [-0.4, -0.2) is 37.9 Å². The van der Waals surface area contributed by atoms with E-state index in [-0.39, 0.29) is 11.9 Å². The topological polar surface area (TPSA) is 50.5 Å². The molecule has 1 aliphatic heterocycles. The second kappa shape index (κ2) is 6.24. The van der Waals surface area contributed by atoms with E-state index < -0.39 is 0 Å². The molecule has 2 rings (SSSR count). The van der Waals surface area contributed by atoms with Crippen LogP contribution >= 0.6 is 0 Å². The van der Waals surface area contributed by atoms with Crippen molar-refractivity contribution in [2.75, 3.05) is 32.8 Å². The number of halogens is 1. The lowest BCUT2D eigenvalue weighted by Crippen LogP contribution is -2.48. The van der Waals surface area contributed by atoms with Crippen LogP contribution in [0, 0.1) is 12.7 Å². The molecule has 1 aromatic carbocycles. The molecule has 1 saturated heterocycles. The van der Waals surface area contributed by atoms with Crippen LogP contribution in [0.25, 0.3) is 0 Å². The van der Waals surface area contributed by atoms with Gasteiger partial charge in [-0.05, 0) is 13.0 Å². The Kier molecular flexibility index (Phi) is 4.66. The summed E-state index contributed by atoms with van der Waals surface area (Å²) in [5.74, 6) is -0.211. The number of benzene rings is 1. The van der Waals surface area contributed by atoms with Gasteiger partial charge < -0.3 is 10.5 Å². The summed E-state index contributed by atoms with van der Waals surface area (Å²) >= 11 is 0. The molecular formula is C13H20FN3O. The van der Waals surface area contributed by atoms with Gasteiger partial charge >= 0.3 is 0 Å². The number of ether oxygens (including phenoxy) is 1. The van der Waals surface area contributed by atoms with Gasteiger partial charge in [-0.3, -0.25) is 0 Å². The van der Waals surface area contributed by atoms with Crippen molar-refractivity contribution in [3.05, 3.63) is 35.1 Å². The molecule has 4 nitrogen and oxygen atoms in total. The van der Waals surface area contributed by atoms with Gasteiger partial charge in [-0.1, -0.05) is 17.7 Å². The summed E-state index contributed by atoms with van der Waals surface area (Å²) in [5.41, 5.74) is 10.7. The van der Waals surface area contributed by atoms with Crippen molar-refractivity contribution in [2.24, 2.45) is 5.73 Å². The standard InChI is InChI=1S/C13H20FN3O/c1-10-2-3-12(14)11(8-10)13(9-15)16-17-4-6-18-7-5-17/h2-3,8,13,16H,4-7,9,15H2,1H3. The van der Waals surface area contributed by atoms with Gasteiger partial charge in [0, 0.05) is 25.2 Å². The van der Waals surface area contributed by atoms with E-state index in [2.05, 4.69) is 5.43 Å². The Labute approximate surface area is 107 Å². The molecule has 3 N–H and O–H groups in total. The van der Waals surface area contributed by atoms with Crippen LogP contribution in [0.2, 0.25) is 0 Å². The van der Waals surface area contributed by atoms with Gasteiger partial charge in [-0.25, -0.2) is 14.8 Å². The fourth-order valence-corrected chi connectivity index (χ4v) is 2.09. The van der Waals surface area contributed by atoms with Crippen molar-refractivity contribution < 1.29 is 9.13 Å². The highest BCUT2D eigenvalue weighted by atomic mass is 19.1. The van der Waals surface area contributed by atoms with Gasteiger partial charge in [-0.2, -0.15) is 0 Å². The average Bonchev–Trinajstić information content (AvgIpc) is 2.40. The third-order valence-electron chi connectivity index (χ3n) is 3.11. The minimum atomic E-state index is -0.211. The van der Waals surface area contributed by atoms with E-state index in [1.807, 2.05) is 18.0 Å². The van der Waals surface area contributed by atoms with Crippen LogP contribution in [-0.2, 0) is 4.74 Å². The minimum absolute atomic E-state index is 0.192. The lowest BCUT2D eigenvalue weighted by molar-refractivity contribution is 0.00378. The lowest BCUT2D eigenvalue weighted by Gasteiger charge is -2.31. The minimum Gasteiger partial charge on any atom is -0.379 e. The van der Waals surface area contributed by atoms with Gasteiger partial charge in [0.05, 0.1) is 19.3 Å². The summed E-state index contributed by atoms with van der Waals surface area (Å²) in [7, 11) is 0. The molecule has 1 unspecified atom stereocenters. The molecule has 0 saturated carbocycles.